The van der Waals surface area contributed by atoms with Crippen molar-refractivity contribution in [3.05, 3.63) is 59.2 Å². The van der Waals surface area contributed by atoms with Crippen LogP contribution in [0.2, 0.25) is 0 Å². The van der Waals surface area contributed by atoms with Crippen LogP contribution >= 0.6 is 0 Å². The van der Waals surface area contributed by atoms with Crippen molar-refractivity contribution >= 4 is 11.9 Å². The molecule has 0 radical (unpaired) electrons. The zero-order valence-electron chi connectivity index (χ0n) is 43.8. The number of benzene rings is 1. The van der Waals surface area contributed by atoms with Crippen LogP contribution < -0.4 is 0 Å². The van der Waals surface area contributed by atoms with Crippen molar-refractivity contribution < 1.29 is 87.2 Å². The van der Waals surface area contributed by atoms with E-state index in [1.165, 1.54) is 7.11 Å². The summed E-state index contributed by atoms with van der Waals surface area (Å²) in [7, 11) is 4.61. The number of rotatable bonds is 14. The lowest BCUT2D eigenvalue weighted by Crippen LogP contribution is -2.78. The van der Waals surface area contributed by atoms with Crippen LogP contribution in [-0.4, -0.2) is 174 Å². The topological polar surface area (TPSA) is 237 Å². The van der Waals surface area contributed by atoms with Gasteiger partial charge in [0.05, 0.1) is 47.6 Å². The second-order valence-electron chi connectivity index (χ2n) is 22.0. The van der Waals surface area contributed by atoms with Crippen molar-refractivity contribution in [1.82, 2.24) is 0 Å². The minimum absolute atomic E-state index is 0.0212. The molecular formula is C54H80O18. The number of allylic oxidation sites excluding steroid dienone is 1. The highest BCUT2D eigenvalue weighted by molar-refractivity contribution is 5.89. The standard InChI is InChI=1S/C54H80O18/c1-12-28(2)47(57)70-39-27-38-50(7)20-19-35(24-34(50)18-21-53(38,60)54(61)23-22-52(59,51(39,54)8)32(6)68-48(58)33-16-14-13-15-17-33)69-40-25-36(62-9)44(30(4)65-40)71-41-26-37(63-10)45(31(5)66-41)72-49-43(56)46(64-11)42(55)29(3)67-49/h12-18,29-32,35-46,49,55-56,59-61H,19-27H2,1-11H3/b28-12-/t29-,30-,31-,32+,35+,36+,37+,38-,39-,40+,41+,42-,43-,44-,45-,46-,49+,50+,51-,52-,53+,54-/m1/s1. The number of aliphatic hydroxyl groups is 5. The summed E-state index contributed by atoms with van der Waals surface area (Å²) in [6.45, 7) is 14.2. The van der Waals surface area contributed by atoms with Crippen molar-refractivity contribution in [3.63, 3.8) is 0 Å². The van der Waals surface area contributed by atoms with E-state index in [4.69, 9.17) is 52.1 Å². The fourth-order valence-electron chi connectivity index (χ4n) is 13.8. The molecule has 1 aromatic carbocycles. The van der Waals surface area contributed by atoms with E-state index in [2.05, 4.69) is 6.92 Å². The second-order valence-corrected chi connectivity index (χ2v) is 22.0. The highest BCUT2D eigenvalue weighted by Crippen LogP contribution is 2.71. The fourth-order valence-corrected chi connectivity index (χ4v) is 13.8. The summed E-state index contributed by atoms with van der Waals surface area (Å²) in [6, 6.07) is 8.46. The highest BCUT2D eigenvalue weighted by atomic mass is 16.8. The van der Waals surface area contributed by atoms with E-state index in [1.807, 2.05) is 19.9 Å². The van der Waals surface area contributed by atoms with Gasteiger partial charge in [0.2, 0.25) is 0 Å². The van der Waals surface area contributed by atoms with Gasteiger partial charge in [-0.25, -0.2) is 9.59 Å². The molecule has 4 aliphatic carbocycles. The molecule has 8 rings (SSSR count). The lowest BCUT2D eigenvalue weighted by molar-refractivity contribution is -0.352. The summed E-state index contributed by atoms with van der Waals surface area (Å²) in [5.41, 5.74) is -6.21. The average molecular weight is 1020 g/mol. The molecule has 18 heteroatoms. The smallest absolute Gasteiger partial charge is 0.338 e. The van der Waals surface area contributed by atoms with Gasteiger partial charge in [0.25, 0.3) is 0 Å². The number of carbonyl (C=O) groups excluding carboxylic acids is 2. The lowest BCUT2D eigenvalue weighted by Gasteiger charge is -2.67. The summed E-state index contributed by atoms with van der Waals surface area (Å²) in [4.78, 5) is 27.1. The number of carbonyl (C=O) groups is 2. The third-order valence-corrected chi connectivity index (χ3v) is 18.4. The molecule has 3 saturated carbocycles. The lowest BCUT2D eigenvalue weighted by atomic mass is 9.42. The number of esters is 2. The third kappa shape index (κ3) is 9.34. The van der Waals surface area contributed by atoms with Crippen molar-refractivity contribution in [3.8, 4) is 0 Å². The molecule has 3 saturated heterocycles. The van der Waals surface area contributed by atoms with Gasteiger partial charge in [-0.3, -0.25) is 0 Å². The Kier molecular flexibility index (Phi) is 16.3. The predicted molar refractivity (Wildman–Crippen MR) is 257 cm³/mol. The first-order valence-corrected chi connectivity index (χ1v) is 25.9. The van der Waals surface area contributed by atoms with E-state index in [1.54, 1.807) is 85.2 Å². The first-order chi connectivity index (χ1) is 34.0. The first-order valence-electron chi connectivity index (χ1n) is 25.9. The number of fused-ring (bicyclic) bond motifs is 5. The minimum Gasteiger partial charge on any atom is -0.458 e. The Morgan fingerprint density at radius 2 is 1.40 bits per heavy atom. The van der Waals surface area contributed by atoms with Crippen LogP contribution in [0.3, 0.4) is 0 Å². The van der Waals surface area contributed by atoms with E-state index < -0.39 is 138 Å². The maximum absolute atomic E-state index is 13.7. The summed E-state index contributed by atoms with van der Waals surface area (Å²) >= 11 is 0. The van der Waals surface area contributed by atoms with Crippen LogP contribution in [0.5, 0.6) is 0 Å². The second kappa shape index (κ2) is 21.2. The molecule has 0 amide bonds. The third-order valence-electron chi connectivity index (χ3n) is 18.4. The molecule has 3 aliphatic heterocycles. The maximum Gasteiger partial charge on any atom is 0.338 e. The van der Waals surface area contributed by atoms with Gasteiger partial charge in [-0.1, -0.05) is 49.8 Å². The number of methoxy groups -OCH3 is 3. The Morgan fingerprint density at radius 1 is 0.778 bits per heavy atom. The van der Waals surface area contributed by atoms with Crippen LogP contribution in [0.4, 0.5) is 0 Å². The number of aliphatic hydroxyl groups excluding tert-OH is 2. The number of hydrogen-bond acceptors (Lipinski definition) is 18. The Morgan fingerprint density at radius 3 is 2.01 bits per heavy atom. The van der Waals surface area contributed by atoms with Crippen LogP contribution in [-0.2, 0) is 56.9 Å². The number of ether oxygens (including phenoxy) is 11. The monoisotopic (exact) mass is 1020 g/mol. The van der Waals surface area contributed by atoms with E-state index >= 15 is 0 Å². The molecule has 7 aliphatic rings. The highest BCUT2D eigenvalue weighted by Gasteiger charge is 2.81. The SMILES string of the molecule is C/C=C(/C)C(=O)O[C@@H]1C[C@@H]2[C@@]3(C)CC[C@H](O[C@H]4C[C@H](OC)[C@H](O[C@H]5C[C@H](OC)[C@H](O[C@@H]6O[C@H](C)[C@@H](O)[C@@H](OC)[C@H]6O)[C@@H](C)O5)[C@@H](C)O4)CC3=CC[C@@]2(O)[C@@]2(O)CC[C@@](O)([C@H](C)OC(=O)c3ccccc3)[C@@]12C. The van der Waals surface area contributed by atoms with Gasteiger partial charge in [0.15, 0.2) is 18.9 Å². The molecule has 0 spiro atoms. The summed E-state index contributed by atoms with van der Waals surface area (Å²) in [6.07, 6.45) is -5.60. The van der Waals surface area contributed by atoms with Crippen LogP contribution in [0.1, 0.15) is 124 Å². The van der Waals surface area contributed by atoms with Gasteiger partial charge in [-0.15, -0.1) is 0 Å². The Hall–Kier alpha value is -2.92. The normalized spacial score (nSPS) is 46.8. The zero-order valence-corrected chi connectivity index (χ0v) is 43.8. The van der Waals surface area contributed by atoms with E-state index in [-0.39, 0.29) is 31.8 Å². The summed E-state index contributed by atoms with van der Waals surface area (Å²) in [5.74, 6) is -1.83. The van der Waals surface area contributed by atoms with Crippen molar-refractivity contribution in [2.24, 2.45) is 16.7 Å². The van der Waals surface area contributed by atoms with Crippen molar-refractivity contribution in [2.75, 3.05) is 21.3 Å². The van der Waals surface area contributed by atoms with Gasteiger partial charge in [0, 0.05) is 45.7 Å². The van der Waals surface area contributed by atoms with Crippen molar-refractivity contribution in [1.29, 1.82) is 0 Å². The van der Waals surface area contributed by atoms with E-state index in [0.717, 1.165) is 5.57 Å². The summed E-state index contributed by atoms with van der Waals surface area (Å²) in [5, 5.41) is 60.7. The molecule has 22 atom stereocenters. The molecule has 5 N–H and O–H groups in total. The molecule has 18 nitrogen and oxygen atoms in total. The maximum atomic E-state index is 13.7. The van der Waals surface area contributed by atoms with Gasteiger partial charge < -0.3 is 77.6 Å². The molecule has 1 aromatic rings. The number of hydrogen-bond donors (Lipinski definition) is 5. The minimum atomic E-state index is -1.97. The predicted octanol–water partition coefficient (Wildman–Crippen LogP) is 4.58. The van der Waals surface area contributed by atoms with E-state index in [9.17, 15) is 35.1 Å². The molecule has 3 heterocycles. The zero-order chi connectivity index (χ0) is 52.3. The first kappa shape index (κ1) is 55.3. The Labute approximate surface area is 423 Å². The van der Waals surface area contributed by atoms with Gasteiger partial charge in [-0.05, 0) is 104 Å². The largest absolute Gasteiger partial charge is 0.458 e. The Balaban J connectivity index is 0.941. The molecule has 0 unspecified atom stereocenters. The van der Waals surface area contributed by atoms with Crippen LogP contribution in [0.15, 0.2) is 53.6 Å². The van der Waals surface area contributed by atoms with E-state index in [0.29, 0.717) is 43.2 Å². The molecular weight excluding hydrogens is 937 g/mol. The fraction of sp³-hybridized carbons (Fsp3) is 0.778. The molecule has 0 aromatic heterocycles. The molecule has 72 heavy (non-hydrogen) atoms. The quantitative estimate of drug-likeness (QED) is 0.0974. The molecule has 6 fully saturated rings. The van der Waals surface area contributed by atoms with Gasteiger partial charge in [0.1, 0.15) is 59.5 Å². The summed E-state index contributed by atoms with van der Waals surface area (Å²) < 4.78 is 67.8. The molecule has 404 valence electrons. The van der Waals surface area contributed by atoms with Crippen LogP contribution in [0, 0.1) is 16.7 Å². The average Bonchev–Trinajstić information content (AvgIpc) is 3.59. The van der Waals surface area contributed by atoms with Gasteiger partial charge in [-0.2, -0.15) is 0 Å². The van der Waals surface area contributed by atoms with Gasteiger partial charge >= 0.3 is 11.9 Å². The van der Waals surface area contributed by atoms with Crippen molar-refractivity contribution in [2.45, 2.75) is 228 Å². The Bertz CT molecular complexity index is 2140. The van der Waals surface area contributed by atoms with Crippen LogP contribution in [0.25, 0.3) is 0 Å². The molecule has 0 bridgehead atoms.